The molecule has 0 saturated heterocycles. The average molecular weight is 387 g/mol. The van der Waals surface area contributed by atoms with Gasteiger partial charge in [-0.15, -0.1) is 0 Å². The van der Waals surface area contributed by atoms with Crippen LogP contribution in [0.5, 0.6) is 0 Å². The van der Waals surface area contributed by atoms with E-state index in [0.717, 1.165) is 12.1 Å². The van der Waals surface area contributed by atoms with Crippen molar-refractivity contribution in [1.29, 1.82) is 0 Å². The fourth-order valence-corrected chi connectivity index (χ4v) is 2.39. The number of carbonyl (C=O) groups excluding carboxylic acids is 1. The molecule has 2 rings (SSSR count). The molecule has 140 valence electrons. The Hall–Kier alpha value is -2.52. The van der Waals surface area contributed by atoms with Gasteiger partial charge in [-0.25, -0.2) is 13.8 Å². The van der Waals surface area contributed by atoms with Gasteiger partial charge in [0.15, 0.2) is 0 Å². The smallest absolute Gasteiger partial charge is 0.271 e. The lowest BCUT2D eigenvalue weighted by molar-refractivity contribution is -0.116. The Morgan fingerprint density at radius 2 is 2.12 bits per heavy atom. The number of H-pyrrole nitrogens is 1. The monoisotopic (exact) mass is 386 g/mol. The highest BCUT2D eigenvalue weighted by Crippen LogP contribution is 2.29. The number of carbonyl (C=O) groups is 1. The molecule has 0 aliphatic carbocycles. The summed E-state index contributed by atoms with van der Waals surface area (Å²) >= 11 is 6.02. The Morgan fingerprint density at radius 3 is 2.73 bits per heavy atom. The highest BCUT2D eigenvalue weighted by Gasteiger charge is 2.29. The third-order valence-electron chi connectivity index (χ3n) is 3.47. The van der Waals surface area contributed by atoms with Crippen molar-refractivity contribution in [2.75, 3.05) is 11.9 Å². The largest absolute Gasteiger partial charge is 0.368 e. The number of hydrogen-bond donors (Lipinski definition) is 3. The first-order valence-electron chi connectivity index (χ1n) is 7.50. The first-order valence-corrected chi connectivity index (χ1v) is 7.88. The second-order valence-electron chi connectivity index (χ2n) is 5.93. The van der Waals surface area contributed by atoms with Gasteiger partial charge >= 0.3 is 0 Å². The molecule has 0 atom stereocenters. The van der Waals surface area contributed by atoms with Crippen molar-refractivity contribution in [3.8, 4) is 0 Å². The van der Waals surface area contributed by atoms with Gasteiger partial charge in [0.05, 0.1) is 18.8 Å². The molecule has 0 unspecified atom stereocenters. The van der Waals surface area contributed by atoms with Gasteiger partial charge in [0.1, 0.15) is 22.3 Å². The van der Waals surface area contributed by atoms with Crippen LogP contribution in [0.15, 0.2) is 23.0 Å². The van der Waals surface area contributed by atoms with Crippen LogP contribution in [0, 0.1) is 11.6 Å². The molecule has 0 radical (unpaired) electrons. The average Bonchev–Trinajstić information content (AvgIpc) is 2.54. The third-order valence-corrected chi connectivity index (χ3v) is 3.82. The first kappa shape index (κ1) is 19.8. The summed E-state index contributed by atoms with van der Waals surface area (Å²) in [6, 6.07) is 3.11. The number of primary amides is 1. The van der Waals surface area contributed by atoms with Crippen molar-refractivity contribution in [1.82, 2.24) is 9.97 Å². The maximum atomic E-state index is 13.7. The molecule has 1 heterocycles. The molecular formula is C16H17ClF2N4O3. The van der Waals surface area contributed by atoms with Crippen LogP contribution in [0.4, 0.5) is 14.7 Å². The molecule has 0 aliphatic rings. The molecule has 0 fully saturated rings. The predicted molar refractivity (Wildman–Crippen MR) is 91.7 cm³/mol. The van der Waals surface area contributed by atoms with Crippen LogP contribution >= 0.6 is 11.6 Å². The molecular weight excluding hydrogens is 370 g/mol. The molecule has 0 saturated carbocycles. The van der Waals surface area contributed by atoms with E-state index < -0.39 is 28.7 Å². The lowest BCUT2D eigenvalue weighted by atomic mass is 10.0. The van der Waals surface area contributed by atoms with E-state index >= 15 is 0 Å². The summed E-state index contributed by atoms with van der Waals surface area (Å²) in [5.41, 5.74) is 3.42. The van der Waals surface area contributed by atoms with Crippen LogP contribution in [0.25, 0.3) is 0 Å². The maximum Gasteiger partial charge on any atom is 0.271 e. The predicted octanol–water partition coefficient (Wildman–Crippen LogP) is 2.05. The summed E-state index contributed by atoms with van der Waals surface area (Å²) in [6.45, 7) is 2.72. The summed E-state index contributed by atoms with van der Waals surface area (Å²) < 4.78 is 32.4. The summed E-state index contributed by atoms with van der Waals surface area (Å²) in [4.78, 5) is 29.3. The Bertz CT molecular complexity index is 886. The fourth-order valence-electron chi connectivity index (χ4n) is 2.08. The van der Waals surface area contributed by atoms with Crippen LogP contribution < -0.4 is 16.6 Å². The SMILES string of the molecule is CC(C)(OCc1ccc(F)cc1F)c1nc(NCC(N)=O)[nH]c(=O)c1Cl. The molecule has 0 spiro atoms. The summed E-state index contributed by atoms with van der Waals surface area (Å²) in [5.74, 6) is -2.12. The standard InChI is InChI=1S/C16H17ClF2N4O3/c1-16(2,26-7-8-3-4-9(18)5-10(8)19)13-12(17)14(25)23-15(22-13)21-6-11(20)24/h3-5H,6-7H2,1-2H3,(H2,20,24)(H2,21,22,23,25). The van der Waals surface area contributed by atoms with Crippen LogP contribution in [-0.2, 0) is 21.7 Å². The minimum absolute atomic E-state index is 0.0159. The van der Waals surface area contributed by atoms with Gasteiger partial charge in [-0.3, -0.25) is 14.6 Å². The number of halogens is 3. The zero-order chi connectivity index (χ0) is 19.5. The number of anilines is 1. The summed E-state index contributed by atoms with van der Waals surface area (Å²) in [5, 5.41) is 2.35. The van der Waals surface area contributed by atoms with E-state index in [4.69, 9.17) is 22.1 Å². The Balaban J connectivity index is 2.26. The van der Waals surface area contributed by atoms with E-state index in [1.54, 1.807) is 13.8 Å². The number of nitrogens with zero attached hydrogens (tertiary/aromatic N) is 1. The number of hydrogen-bond acceptors (Lipinski definition) is 5. The number of benzene rings is 1. The van der Waals surface area contributed by atoms with Crippen molar-refractivity contribution in [2.45, 2.75) is 26.1 Å². The van der Waals surface area contributed by atoms with E-state index in [9.17, 15) is 18.4 Å². The molecule has 1 aromatic heterocycles. The Morgan fingerprint density at radius 1 is 1.42 bits per heavy atom. The van der Waals surface area contributed by atoms with Crippen molar-refractivity contribution in [2.24, 2.45) is 5.73 Å². The van der Waals surface area contributed by atoms with Crippen LogP contribution in [0.1, 0.15) is 25.1 Å². The Labute approximate surface area is 152 Å². The number of aromatic amines is 1. The normalized spacial score (nSPS) is 11.4. The van der Waals surface area contributed by atoms with Gasteiger partial charge in [-0.2, -0.15) is 0 Å². The minimum atomic E-state index is -1.19. The van der Waals surface area contributed by atoms with Gasteiger partial charge in [0.25, 0.3) is 5.56 Å². The zero-order valence-electron chi connectivity index (χ0n) is 14.0. The van der Waals surface area contributed by atoms with E-state index in [2.05, 4.69) is 15.3 Å². The van der Waals surface area contributed by atoms with E-state index in [-0.39, 0.29) is 35.4 Å². The summed E-state index contributed by atoms with van der Waals surface area (Å²) in [6.07, 6.45) is 0. The van der Waals surface area contributed by atoms with E-state index in [0.29, 0.717) is 0 Å². The van der Waals surface area contributed by atoms with Gasteiger partial charge in [-0.1, -0.05) is 17.7 Å². The van der Waals surface area contributed by atoms with Crippen molar-refractivity contribution in [3.05, 3.63) is 56.5 Å². The molecule has 1 aromatic carbocycles. The van der Waals surface area contributed by atoms with Gasteiger partial charge in [-0.05, 0) is 19.9 Å². The van der Waals surface area contributed by atoms with Crippen molar-refractivity contribution >= 4 is 23.5 Å². The highest BCUT2D eigenvalue weighted by molar-refractivity contribution is 6.31. The molecule has 10 heteroatoms. The molecule has 0 bridgehead atoms. The van der Waals surface area contributed by atoms with Gasteiger partial charge < -0.3 is 15.8 Å². The third kappa shape index (κ3) is 4.77. The second kappa shape index (κ2) is 7.79. The van der Waals surface area contributed by atoms with E-state index in [1.165, 1.54) is 6.07 Å². The topological polar surface area (TPSA) is 110 Å². The molecule has 26 heavy (non-hydrogen) atoms. The van der Waals surface area contributed by atoms with Crippen LogP contribution in [0.3, 0.4) is 0 Å². The molecule has 4 N–H and O–H groups in total. The number of aromatic nitrogens is 2. The number of ether oxygens (including phenoxy) is 1. The first-order chi connectivity index (χ1) is 12.1. The fraction of sp³-hybridized carbons (Fsp3) is 0.312. The Kier molecular flexibility index (Phi) is 5.94. The lowest BCUT2D eigenvalue weighted by Gasteiger charge is -2.26. The molecule has 0 aliphatic heterocycles. The lowest BCUT2D eigenvalue weighted by Crippen LogP contribution is -2.29. The quantitative estimate of drug-likeness (QED) is 0.674. The van der Waals surface area contributed by atoms with Crippen molar-refractivity contribution < 1.29 is 18.3 Å². The van der Waals surface area contributed by atoms with Gasteiger partial charge in [0.2, 0.25) is 11.9 Å². The summed E-state index contributed by atoms with van der Waals surface area (Å²) in [7, 11) is 0. The highest BCUT2D eigenvalue weighted by atomic mass is 35.5. The molecule has 2 aromatic rings. The van der Waals surface area contributed by atoms with Crippen molar-refractivity contribution in [3.63, 3.8) is 0 Å². The number of rotatable bonds is 7. The zero-order valence-corrected chi connectivity index (χ0v) is 14.8. The number of nitrogens with two attached hydrogens (primary N) is 1. The van der Waals surface area contributed by atoms with Gasteiger partial charge in [0, 0.05) is 11.6 Å². The minimum Gasteiger partial charge on any atom is -0.368 e. The van der Waals surface area contributed by atoms with Crippen LogP contribution in [0.2, 0.25) is 5.02 Å². The number of amides is 1. The second-order valence-corrected chi connectivity index (χ2v) is 6.31. The maximum absolute atomic E-state index is 13.7. The molecule has 7 nitrogen and oxygen atoms in total. The van der Waals surface area contributed by atoms with E-state index in [1.807, 2.05) is 0 Å². The molecule has 1 amide bonds. The number of nitrogens with one attached hydrogen (secondary N) is 2. The van der Waals surface area contributed by atoms with Crippen LogP contribution in [-0.4, -0.2) is 22.4 Å².